The van der Waals surface area contributed by atoms with Crippen molar-refractivity contribution in [1.82, 2.24) is 0 Å². The summed E-state index contributed by atoms with van der Waals surface area (Å²) in [7, 11) is 0. The van der Waals surface area contributed by atoms with Gasteiger partial charge in [-0.3, -0.25) is 0 Å². The van der Waals surface area contributed by atoms with Crippen LogP contribution in [0.5, 0.6) is 11.5 Å². The van der Waals surface area contributed by atoms with Crippen molar-refractivity contribution in [1.29, 1.82) is 0 Å². The normalized spacial score (nSPS) is 12.3. The molecule has 2 aromatic carbocycles. The zero-order chi connectivity index (χ0) is 17.3. The number of anilines is 1. The topological polar surface area (TPSA) is 63.9 Å². The van der Waals surface area contributed by atoms with Gasteiger partial charge in [-0.25, -0.2) is 22.7 Å². The maximum Gasteiger partial charge on any atom is 0.199 e. The first-order chi connectivity index (χ1) is 10.7. The van der Waals surface area contributed by atoms with Gasteiger partial charge in [0.2, 0.25) is 0 Å². The summed E-state index contributed by atoms with van der Waals surface area (Å²) < 4.78 is 66.2. The van der Waals surface area contributed by atoms with Crippen LogP contribution in [0.15, 0.2) is 24.3 Å². The average Bonchev–Trinajstić information content (AvgIpc) is 2.51. The molecule has 1 unspecified atom stereocenters. The monoisotopic (exact) mass is 335 g/mol. The molecule has 2 rings (SSSR count). The molecule has 2 aromatic rings. The lowest BCUT2D eigenvalue weighted by Crippen LogP contribution is -2.22. The van der Waals surface area contributed by atoms with Crippen LogP contribution in [-0.2, 0) is 0 Å². The fourth-order valence-corrected chi connectivity index (χ4v) is 1.84. The molecular formula is C14H10F5NO3. The van der Waals surface area contributed by atoms with Gasteiger partial charge in [0, 0.05) is 6.07 Å². The molecule has 3 N–H and O–H groups in total. The molecule has 0 heterocycles. The Morgan fingerprint density at radius 3 is 2.17 bits per heavy atom. The number of phenolic OH excluding ortho intramolecular Hbond substituents is 2. The van der Waals surface area contributed by atoms with Crippen LogP contribution in [0, 0.1) is 23.3 Å². The molecule has 0 fully saturated rings. The molecule has 124 valence electrons. The van der Waals surface area contributed by atoms with Crippen molar-refractivity contribution in [3.05, 3.63) is 53.1 Å². The van der Waals surface area contributed by atoms with E-state index in [9.17, 15) is 32.3 Å². The van der Waals surface area contributed by atoms with Gasteiger partial charge in [0.15, 0.2) is 34.8 Å². The SMILES string of the molecule is Oc1ccc(C(O)CN(F)c2cc(F)c(F)c(F)c2F)cc1O. The molecule has 0 bridgehead atoms. The first-order valence-corrected chi connectivity index (χ1v) is 6.18. The highest BCUT2D eigenvalue weighted by atomic mass is 19.2. The molecule has 0 amide bonds. The highest BCUT2D eigenvalue weighted by Crippen LogP contribution is 2.31. The van der Waals surface area contributed by atoms with Crippen molar-refractivity contribution in [3.63, 3.8) is 0 Å². The van der Waals surface area contributed by atoms with E-state index in [0.29, 0.717) is 0 Å². The van der Waals surface area contributed by atoms with Crippen LogP contribution < -0.4 is 5.12 Å². The molecule has 0 aliphatic rings. The standard InChI is InChI=1S/C14H10F5NO3/c15-7-4-8(13(17)14(18)12(7)16)20(19)5-11(23)6-1-2-9(21)10(22)3-6/h1-4,11,21-23H,5H2. The molecule has 4 nitrogen and oxygen atoms in total. The zero-order valence-corrected chi connectivity index (χ0v) is 11.3. The lowest BCUT2D eigenvalue weighted by atomic mass is 10.1. The number of hydrogen-bond donors (Lipinski definition) is 3. The van der Waals surface area contributed by atoms with Gasteiger partial charge in [0.1, 0.15) is 5.69 Å². The Hall–Kier alpha value is -2.55. The number of benzene rings is 2. The van der Waals surface area contributed by atoms with Crippen LogP contribution in [0.2, 0.25) is 0 Å². The van der Waals surface area contributed by atoms with Crippen LogP contribution in [0.4, 0.5) is 27.7 Å². The molecule has 9 heteroatoms. The summed E-state index contributed by atoms with van der Waals surface area (Å²) in [4.78, 5) is 0. The van der Waals surface area contributed by atoms with Gasteiger partial charge >= 0.3 is 0 Å². The van der Waals surface area contributed by atoms with Crippen molar-refractivity contribution in [3.8, 4) is 11.5 Å². The van der Waals surface area contributed by atoms with Gasteiger partial charge in [-0.05, 0) is 17.7 Å². The molecule has 23 heavy (non-hydrogen) atoms. The molecule has 0 saturated heterocycles. The summed E-state index contributed by atoms with van der Waals surface area (Å²) >= 11 is 0. The minimum Gasteiger partial charge on any atom is -0.504 e. The summed E-state index contributed by atoms with van der Waals surface area (Å²) in [5, 5.41) is 27.7. The quantitative estimate of drug-likeness (QED) is 0.264. The third-order valence-corrected chi connectivity index (χ3v) is 3.06. The van der Waals surface area contributed by atoms with Crippen molar-refractivity contribution in [2.24, 2.45) is 0 Å². The number of nitrogens with zero attached hydrogens (tertiary/aromatic N) is 1. The Bertz CT molecular complexity index is 741. The molecule has 0 aliphatic carbocycles. The van der Waals surface area contributed by atoms with E-state index in [2.05, 4.69) is 0 Å². The van der Waals surface area contributed by atoms with Crippen molar-refractivity contribution in [2.75, 3.05) is 11.7 Å². The number of phenols is 2. The molecule has 0 radical (unpaired) electrons. The fraction of sp³-hybridized carbons (Fsp3) is 0.143. The maximum atomic E-state index is 13.9. The van der Waals surface area contributed by atoms with E-state index in [1.807, 2.05) is 0 Å². The van der Waals surface area contributed by atoms with E-state index in [4.69, 9.17) is 5.11 Å². The van der Waals surface area contributed by atoms with E-state index in [1.54, 1.807) is 0 Å². The average molecular weight is 335 g/mol. The number of aliphatic hydroxyl groups is 1. The van der Waals surface area contributed by atoms with Crippen LogP contribution in [0.1, 0.15) is 11.7 Å². The van der Waals surface area contributed by atoms with E-state index in [1.165, 1.54) is 0 Å². The van der Waals surface area contributed by atoms with E-state index in [-0.39, 0.29) is 11.6 Å². The van der Waals surface area contributed by atoms with E-state index >= 15 is 0 Å². The van der Waals surface area contributed by atoms with Gasteiger partial charge in [-0.15, -0.1) is 0 Å². The summed E-state index contributed by atoms with van der Waals surface area (Å²) in [6, 6.07) is 3.20. The Labute approximate surface area is 126 Å². The van der Waals surface area contributed by atoms with Gasteiger partial charge in [-0.1, -0.05) is 10.5 Å². The smallest absolute Gasteiger partial charge is 0.199 e. The third kappa shape index (κ3) is 3.29. The Morgan fingerprint density at radius 1 is 0.913 bits per heavy atom. The van der Waals surface area contributed by atoms with Gasteiger partial charge in [-0.2, -0.15) is 0 Å². The highest BCUT2D eigenvalue weighted by molar-refractivity contribution is 5.47. The van der Waals surface area contributed by atoms with Crippen LogP contribution in [0.25, 0.3) is 0 Å². The largest absolute Gasteiger partial charge is 0.504 e. The summed E-state index contributed by atoms with van der Waals surface area (Å²) in [5.41, 5.74) is -1.28. The van der Waals surface area contributed by atoms with Gasteiger partial charge in [0.25, 0.3) is 0 Å². The van der Waals surface area contributed by atoms with Gasteiger partial charge in [0.05, 0.1) is 12.6 Å². The van der Waals surface area contributed by atoms with Crippen LogP contribution in [0.3, 0.4) is 0 Å². The highest BCUT2D eigenvalue weighted by Gasteiger charge is 2.24. The second-order valence-electron chi connectivity index (χ2n) is 4.63. The second-order valence-corrected chi connectivity index (χ2v) is 4.63. The summed E-state index contributed by atoms with van der Waals surface area (Å²) in [6.07, 6.45) is -1.64. The number of hydrogen-bond acceptors (Lipinski definition) is 4. The molecular weight excluding hydrogens is 325 g/mol. The number of aliphatic hydroxyl groups excluding tert-OH is 1. The summed E-state index contributed by atoms with van der Waals surface area (Å²) in [6.45, 7) is -0.967. The number of aromatic hydroxyl groups is 2. The minimum absolute atomic E-state index is 0.0496. The fourth-order valence-electron chi connectivity index (χ4n) is 1.84. The molecule has 0 spiro atoms. The Balaban J connectivity index is 2.25. The molecule has 1 atom stereocenters. The second kappa shape index (κ2) is 6.29. The van der Waals surface area contributed by atoms with E-state index in [0.717, 1.165) is 18.2 Å². The first kappa shape index (κ1) is 16.8. The van der Waals surface area contributed by atoms with E-state index < -0.39 is 58.2 Å². The molecule has 0 aliphatic heterocycles. The Kier molecular flexibility index (Phi) is 4.60. The van der Waals surface area contributed by atoms with Crippen molar-refractivity contribution >= 4 is 5.69 Å². The minimum atomic E-state index is -2.18. The Morgan fingerprint density at radius 2 is 1.57 bits per heavy atom. The van der Waals surface area contributed by atoms with Crippen LogP contribution >= 0.6 is 0 Å². The lowest BCUT2D eigenvalue weighted by molar-refractivity contribution is 0.166. The number of rotatable bonds is 4. The van der Waals surface area contributed by atoms with Crippen LogP contribution in [-0.4, -0.2) is 21.9 Å². The molecule has 0 aromatic heterocycles. The third-order valence-electron chi connectivity index (χ3n) is 3.06. The first-order valence-electron chi connectivity index (χ1n) is 6.18. The predicted octanol–water partition coefficient (Wildman–Crippen LogP) is 3.08. The number of halogens is 5. The van der Waals surface area contributed by atoms with Gasteiger partial charge < -0.3 is 15.3 Å². The lowest BCUT2D eigenvalue weighted by Gasteiger charge is -2.19. The molecule has 0 saturated carbocycles. The zero-order valence-electron chi connectivity index (χ0n) is 11.3. The van der Waals surface area contributed by atoms with Crippen molar-refractivity contribution < 1.29 is 37.4 Å². The predicted molar refractivity (Wildman–Crippen MR) is 69.5 cm³/mol. The van der Waals surface area contributed by atoms with Crippen molar-refractivity contribution in [2.45, 2.75) is 6.10 Å². The maximum absolute atomic E-state index is 13.9. The summed E-state index contributed by atoms with van der Waals surface area (Å²) in [5.74, 6) is -9.07.